The number of thioether (sulfide) groups is 1. The number of anilines is 2. The third-order valence-electron chi connectivity index (χ3n) is 7.84. The van der Waals surface area contributed by atoms with Crippen LogP contribution in [-0.4, -0.2) is 51.8 Å². The summed E-state index contributed by atoms with van der Waals surface area (Å²) in [6.07, 6.45) is -16.8. The summed E-state index contributed by atoms with van der Waals surface area (Å²) in [7, 11) is 0. The Hall–Kier alpha value is -4.32. The van der Waals surface area contributed by atoms with Crippen LogP contribution in [0.3, 0.4) is 0 Å². The number of fused-ring (bicyclic) bond motifs is 3. The summed E-state index contributed by atoms with van der Waals surface area (Å²) in [4.78, 5) is 44.8. The fourth-order valence-electron chi connectivity index (χ4n) is 5.55. The van der Waals surface area contributed by atoms with Crippen LogP contribution in [0.2, 0.25) is 5.02 Å². The van der Waals surface area contributed by atoms with Crippen LogP contribution < -0.4 is 15.8 Å². The molecule has 1 aromatic heterocycles. The number of carbonyl (C=O) groups excluding carboxylic acids is 2. The summed E-state index contributed by atoms with van der Waals surface area (Å²) in [5.41, 5.74) is -14.2. The van der Waals surface area contributed by atoms with Crippen LogP contribution in [0.15, 0.2) is 59.4 Å². The number of carbonyl (C=O) groups is 2. The summed E-state index contributed by atoms with van der Waals surface area (Å²) in [5, 5.41) is 2.55. The molecule has 0 saturated heterocycles. The average Bonchev–Trinajstić information content (AvgIpc) is 3.00. The monoisotopic (exact) mass is 754 g/mol. The van der Waals surface area contributed by atoms with E-state index in [-0.39, 0.29) is 49.8 Å². The van der Waals surface area contributed by atoms with E-state index in [0.29, 0.717) is 11.8 Å². The third kappa shape index (κ3) is 6.27. The minimum Gasteiger partial charge on any atom is -0.320 e. The first-order chi connectivity index (χ1) is 23.1. The molecule has 1 aliphatic rings. The smallest absolute Gasteiger partial charge is 0.320 e. The molecule has 3 aromatic carbocycles. The van der Waals surface area contributed by atoms with Crippen molar-refractivity contribution < 1.29 is 53.5 Å². The zero-order valence-corrected chi connectivity index (χ0v) is 26.9. The molecule has 2 heterocycles. The fraction of sp³-hybridized carbons (Fsp3) is 0.290. The van der Waals surface area contributed by atoms with Gasteiger partial charge in [-0.25, -0.2) is 9.37 Å². The summed E-state index contributed by atoms with van der Waals surface area (Å²) >= 11 is 7.67. The van der Waals surface area contributed by atoms with Crippen LogP contribution in [-0.2, 0) is 18.4 Å². The minimum atomic E-state index is -6.56. The number of nitrogens with zero attached hydrogens (tertiary/aromatic N) is 3. The van der Waals surface area contributed by atoms with Crippen molar-refractivity contribution in [3.63, 3.8) is 0 Å². The second-order valence-electron chi connectivity index (χ2n) is 11.2. The number of rotatable bonds is 6. The molecular weight excluding hydrogens is 734 g/mol. The molecule has 1 N–H and O–H groups in total. The second kappa shape index (κ2) is 12.8. The van der Waals surface area contributed by atoms with Gasteiger partial charge < -0.3 is 14.8 Å². The molecule has 7 nitrogen and oxygen atoms in total. The first kappa shape index (κ1) is 36.9. The number of aromatic nitrogens is 2. The van der Waals surface area contributed by atoms with Crippen molar-refractivity contribution in [2.24, 2.45) is 0 Å². The van der Waals surface area contributed by atoms with Crippen molar-refractivity contribution in [3.8, 4) is 0 Å². The Morgan fingerprint density at radius 2 is 1.56 bits per heavy atom. The van der Waals surface area contributed by atoms with Crippen molar-refractivity contribution >= 4 is 57.6 Å². The Morgan fingerprint density at radius 1 is 0.900 bits per heavy atom. The Morgan fingerprint density at radius 3 is 2.16 bits per heavy atom. The van der Waals surface area contributed by atoms with Gasteiger partial charge in [0.15, 0.2) is 0 Å². The van der Waals surface area contributed by atoms with Crippen LogP contribution in [0.5, 0.6) is 0 Å². The van der Waals surface area contributed by atoms with Gasteiger partial charge in [-0.3, -0.25) is 14.4 Å². The Labute approximate surface area is 284 Å². The van der Waals surface area contributed by atoms with Gasteiger partial charge in [-0.2, -0.15) is 51.3 Å². The molecule has 1 atom stereocenters. The van der Waals surface area contributed by atoms with Gasteiger partial charge in [0, 0.05) is 17.4 Å². The van der Waals surface area contributed by atoms with Crippen molar-refractivity contribution in [1.82, 2.24) is 9.55 Å². The van der Waals surface area contributed by atoms with E-state index in [1.807, 2.05) is 0 Å². The second-order valence-corrected chi connectivity index (χ2v) is 12.5. The molecule has 266 valence electrons. The maximum absolute atomic E-state index is 15.0. The molecule has 50 heavy (non-hydrogen) atoms. The van der Waals surface area contributed by atoms with E-state index in [4.69, 9.17) is 11.6 Å². The van der Waals surface area contributed by atoms with Crippen molar-refractivity contribution in [3.05, 3.63) is 97.9 Å². The van der Waals surface area contributed by atoms with E-state index in [2.05, 4.69) is 10.3 Å². The standard InChI is InChI=1S/C31H21ClF10N4O3S/c1-14(13-50-2)46-22-10-15(6-8-20(22)44-25(47)17-4-3-5-18(32)23(17)26(46)48)12-45-21-11-16(28(33,30(37,38)39)31(40,41)42)7-9-19(21)43-24(27(45)49)29(34,35)36/h3-11,14H,12-13H2,1-2H3,(H,44,47)/t14-/m0/s1. The Kier molecular flexibility index (Phi) is 9.44. The lowest BCUT2D eigenvalue weighted by Gasteiger charge is -2.33. The van der Waals surface area contributed by atoms with Gasteiger partial charge in [0.05, 0.1) is 45.1 Å². The quantitative estimate of drug-likeness (QED) is 0.200. The van der Waals surface area contributed by atoms with Gasteiger partial charge in [-0.1, -0.05) is 29.8 Å². The largest absolute Gasteiger partial charge is 0.438 e. The molecule has 4 aromatic rings. The SMILES string of the molecule is CSC[C@H](C)N1C(=O)c2c(Cl)cccc2C(=O)Nc2ccc(Cn3c(=O)c(C(F)(F)F)nc4ccc(C(F)(C(F)(F)F)C(F)(F)F)cc43)cc21. The molecule has 0 aliphatic carbocycles. The molecule has 19 heteroatoms. The predicted molar refractivity (Wildman–Crippen MR) is 166 cm³/mol. The number of halogens is 11. The lowest BCUT2D eigenvalue weighted by atomic mass is 9.93. The van der Waals surface area contributed by atoms with E-state index in [1.165, 1.54) is 53.1 Å². The van der Waals surface area contributed by atoms with Gasteiger partial charge in [0.1, 0.15) is 0 Å². The zero-order valence-electron chi connectivity index (χ0n) is 25.3. The molecule has 1 aliphatic heterocycles. The summed E-state index contributed by atoms with van der Waals surface area (Å²) in [5.74, 6) is -1.17. The first-order valence-electron chi connectivity index (χ1n) is 14.1. The van der Waals surface area contributed by atoms with Gasteiger partial charge in [-0.15, -0.1) is 0 Å². The van der Waals surface area contributed by atoms with Gasteiger partial charge >= 0.3 is 24.2 Å². The van der Waals surface area contributed by atoms with Crippen LogP contribution in [0.1, 0.15) is 44.5 Å². The van der Waals surface area contributed by atoms with Gasteiger partial charge in [0.25, 0.3) is 17.4 Å². The van der Waals surface area contributed by atoms with Crippen molar-refractivity contribution in [1.29, 1.82) is 0 Å². The van der Waals surface area contributed by atoms with Crippen LogP contribution in [0, 0.1) is 0 Å². The van der Waals surface area contributed by atoms with Crippen LogP contribution in [0.25, 0.3) is 11.0 Å². The highest BCUT2D eigenvalue weighted by atomic mass is 35.5. The normalized spacial score (nSPS) is 14.9. The maximum Gasteiger partial charge on any atom is 0.438 e. The summed E-state index contributed by atoms with van der Waals surface area (Å²) in [6, 6.07) is 7.46. The molecule has 0 unspecified atom stereocenters. The molecule has 0 fully saturated rings. The predicted octanol–water partition coefficient (Wildman–Crippen LogP) is 8.37. The van der Waals surface area contributed by atoms with E-state index < -0.39 is 76.4 Å². The van der Waals surface area contributed by atoms with Crippen molar-refractivity contribution in [2.45, 2.75) is 43.7 Å². The summed E-state index contributed by atoms with van der Waals surface area (Å²) in [6.45, 7) is 0.701. The van der Waals surface area contributed by atoms with Gasteiger partial charge in [-0.05, 0) is 55.1 Å². The number of amides is 2. The highest BCUT2D eigenvalue weighted by molar-refractivity contribution is 7.98. The first-order valence-corrected chi connectivity index (χ1v) is 15.9. The fourth-order valence-corrected chi connectivity index (χ4v) is 6.44. The number of hydrogen-bond donors (Lipinski definition) is 1. The van der Waals surface area contributed by atoms with E-state index in [9.17, 15) is 53.9 Å². The van der Waals surface area contributed by atoms with Crippen molar-refractivity contribution in [2.75, 3.05) is 22.2 Å². The molecule has 0 saturated carbocycles. The summed E-state index contributed by atoms with van der Waals surface area (Å²) < 4.78 is 138. The molecule has 5 rings (SSSR count). The molecule has 0 radical (unpaired) electrons. The van der Waals surface area contributed by atoms with E-state index >= 15 is 4.39 Å². The number of benzene rings is 3. The highest BCUT2D eigenvalue weighted by Crippen LogP contribution is 2.53. The minimum absolute atomic E-state index is 0.0149. The zero-order chi connectivity index (χ0) is 37.1. The lowest BCUT2D eigenvalue weighted by Crippen LogP contribution is -2.50. The van der Waals surface area contributed by atoms with E-state index in [0.717, 1.165) is 0 Å². The van der Waals surface area contributed by atoms with Crippen LogP contribution >= 0.6 is 23.4 Å². The Balaban J connectivity index is 1.75. The third-order valence-corrected chi connectivity index (χ3v) is 8.97. The highest BCUT2D eigenvalue weighted by Gasteiger charge is 2.73. The number of alkyl halides is 10. The van der Waals surface area contributed by atoms with Crippen LogP contribution in [0.4, 0.5) is 55.3 Å². The molecule has 0 bridgehead atoms. The topological polar surface area (TPSA) is 84.3 Å². The molecule has 2 amide bonds. The number of hydrogen-bond acceptors (Lipinski definition) is 5. The lowest BCUT2D eigenvalue weighted by molar-refractivity contribution is -0.348. The number of nitrogens with one attached hydrogen (secondary N) is 1. The average molecular weight is 755 g/mol. The van der Waals surface area contributed by atoms with Gasteiger partial charge in [0.2, 0.25) is 5.69 Å². The molecular formula is C31H21ClF10N4O3S. The molecule has 0 spiro atoms. The maximum atomic E-state index is 15.0. The Bertz CT molecular complexity index is 2070. The van der Waals surface area contributed by atoms with E-state index in [1.54, 1.807) is 13.2 Å².